The summed E-state index contributed by atoms with van der Waals surface area (Å²) < 4.78 is 14.6. The first-order valence-electron chi connectivity index (χ1n) is 7.91. The van der Waals surface area contributed by atoms with Crippen molar-refractivity contribution in [3.05, 3.63) is 50.4 Å². The number of aromatic nitrogens is 4. The molecule has 0 unspecified atom stereocenters. The molecular weight excluding hydrogens is 336 g/mol. The van der Waals surface area contributed by atoms with Crippen LogP contribution in [0.2, 0.25) is 0 Å². The van der Waals surface area contributed by atoms with E-state index in [1.54, 1.807) is 45.0 Å². The summed E-state index contributed by atoms with van der Waals surface area (Å²) in [5.74, 6) is 1.90. The summed E-state index contributed by atoms with van der Waals surface area (Å²) >= 11 is 0. The highest BCUT2D eigenvalue weighted by Gasteiger charge is 2.15. The summed E-state index contributed by atoms with van der Waals surface area (Å²) in [5.41, 5.74) is 0.797. The summed E-state index contributed by atoms with van der Waals surface area (Å²) in [6, 6.07) is 5.50. The van der Waals surface area contributed by atoms with Gasteiger partial charge < -0.3 is 14.0 Å². The second-order valence-corrected chi connectivity index (χ2v) is 5.89. The third kappa shape index (κ3) is 2.79. The fourth-order valence-corrected chi connectivity index (χ4v) is 2.78. The molecule has 26 heavy (non-hydrogen) atoms. The molecule has 0 bridgehead atoms. The van der Waals surface area contributed by atoms with Crippen LogP contribution in [0.5, 0.6) is 11.5 Å². The van der Waals surface area contributed by atoms with Crippen LogP contribution in [0.4, 0.5) is 0 Å². The highest BCUT2D eigenvalue weighted by molar-refractivity contribution is 5.77. The van der Waals surface area contributed by atoms with E-state index in [4.69, 9.17) is 9.47 Å². The van der Waals surface area contributed by atoms with E-state index >= 15 is 0 Å². The van der Waals surface area contributed by atoms with Crippen molar-refractivity contribution in [2.45, 2.75) is 0 Å². The molecule has 0 saturated heterocycles. The van der Waals surface area contributed by atoms with Crippen molar-refractivity contribution in [1.29, 1.82) is 0 Å². The Balaban J connectivity index is 2.13. The first kappa shape index (κ1) is 17.5. The zero-order valence-corrected chi connectivity index (χ0v) is 15.3. The van der Waals surface area contributed by atoms with E-state index in [1.807, 2.05) is 18.2 Å². The third-order valence-electron chi connectivity index (χ3n) is 4.31. The molecule has 2 aromatic heterocycles. The van der Waals surface area contributed by atoms with Crippen LogP contribution in [0, 0.1) is 0 Å². The zero-order chi connectivity index (χ0) is 19.0. The van der Waals surface area contributed by atoms with Crippen LogP contribution < -0.4 is 20.7 Å². The van der Waals surface area contributed by atoms with Gasteiger partial charge in [0, 0.05) is 27.2 Å². The topological polar surface area (TPSA) is 80.3 Å². The van der Waals surface area contributed by atoms with Crippen LogP contribution in [0.15, 0.2) is 27.8 Å². The monoisotopic (exact) mass is 356 g/mol. The minimum Gasteiger partial charge on any atom is -0.497 e. The summed E-state index contributed by atoms with van der Waals surface area (Å²) in [7, 11) is 7.97. The third-order valence-corrected chi connectivity index (χ3v) is 4.31. The van der Waals surface area contributed by atoms with E-state index in [2.05, 4.69) is 4.98 Å². The van der Waals surface area contributed by atoms with Gasteiger partial charge in [0.05, 0.1) is 14.2 Å². The van der Waals surface area contributed by atoms with Crippen molar-refractivity contribution in [2.75, 3.05) is 14.2 Å². The summed E-state index contributed by atoms with van der Waals surface area (Å²) in [5, 5.41) is 0. The standard InChI is InChI=1S/C18H20N4O4/c1-20-14(7-6-11-8-12(25-4)10-13(9-11)26-5)19-16-15(20)17(23)22(3)18(24)21(16)2/h6-10H,1-5H3/b7-6+. The van der Waals surface area contributed by atoms with Crippen molar-refractivity contribution in [3.63, 3.8) is 0 Å². The Hall–Kier alpha value is -3.29. The molecule has 2 heterocycles. The van der Waals surface area contributed by atoms with Crippen LogP contribution in [-0.2, 0) is 21.1 Å². The van der Waals surface area contributed by atoms with Crippen LogP contribution in [0.3, 0.4) is 0 Å². The summed E-state index contributed by atoms with van der Waals surface area (Å²) in [4.78, 5) is 28.9. The molecule has 8 nitrogen and oxygen atoms in total. The molecule has 3 rings (SSSR count). The predicted molar refractivity (Wildman–Crippen MR) is 99.7 cm³/mol. The Morgan fingerprint density at radius 3 is 2.08 bits per heavy atom. The zero-order valence-electron chi connectivity index (χ0n) is 15.3. The molecule has 0 spiro atoms. The van der Waals surface area contributed by atoms with Crippen LogP contribution in [0.1, 0.15) is 11.4 Å². The second-order valence-electron chi connectivity index (χ2n) is 5.89. The lowest BCUT2D eigenvalue weighted by Gasteiger charge is -2.05. The average Bonchev–Trinajstić information content (AvgIpc) is 2.99. The number of hydrogen-bond donors (Lipinski definition) is 0. The lowest BCUT2D eigenvalue weighted by Crippen LogP contribution is -2.37. The molecule has 0 fully saturated rings. The van der Waals surface area contributed by atoms with E-state index in [1.165, 1.54) is 11.6 Å². The van der Waals surface area contributed by atoms with Crippen LogP contribution >= 0.6 is 0 Å². The van der Waals surface area contributed by atoms with Crippen molar-refractivity contribution in [3.8, 4) is 11.5 Å². The van der Waals surface area contributed by atoms with Gasteiger partial charge in [-0.3, -0.25) is 13.9 Å². The molecule has 8 heteroatoms. The smallest absolute Gasteiger partial charge is 0.332 e. The second kappa shape index (κ2) is 6.55. The molecule has 0 radical (unpaired) electrons. The average molecular weight is 356 g/mol. The number of nitrogens with zero attached hydrogens (tertiary/aromatic N) is 4. The van der Waals surface area contributed by atoms with Gasteiger partial charge in [0.25, 0.3) is 5.56 Å². The van der Waals surface area contributed by atoms with E-state index in [0.29, 0.717) is 28.5 Å². The summed E-state index contributed by atoms with van der Waals surface area (Å²) in [6.07, 6.45) is 3.62. The Kier molecular flexibility index (Phi) is 4.41. The molecule has 0 amide bonds. The Bertz CT molecular complexity index is 1110. The number of aryl methyl sites for hydroxylation is 2. The number of rotatable bonds is 4. The number of benzene rings is 1. The maximum Gasteiger partial charge on any atom is 0.332 e. The molecule has 1 aromatic carbocycles. The molecule has 0 atom stereocenters. The van der Waals surface area contributed by atoms with E-state index in [9.17, 15) is 9.59 Å². The van der Waals surface area contributed by atoms with Gasteiger partial charge in [0.1, 0.15) is 17.3 Å². The first-order valence-corrected chi connectivity index (χ1v) is 7.91. The van der Waals surface area contributed by atoms with Gasteiger partial charge in [-0.25, -0.2) is 9.78 Å². The highest BCUT2D eigenvalue weighted by atomic mass is 16.5. The maximum absolute atomic E-state index is 12.4. The van der Waals surface area contributed by atoms with Gasteiger partial charge in [0.15, 0.2) is 11.2 Å². The number of hydrogen-bond acceptors (Lipinski definition) is 5. The number of ether oxygens (including phenoxy) is 2. The van der Waals surface area contributed by atoms with E-state index in [-0.39, 0.29) is 5.56 Å². The van der Waals surface area contributed by atoms with Gasteiger partial charge in [0.2, 0.25) is 0 Å². The minimum atomic E-state index is -0.409. The molecule has 0 N–H and O–H groups in total. The Morgan fingerprint density at radius 1 is 0.885 bits per heavy atom. The lowest BCUT2D eigenvalue weighted by molar-refractivity contribution is 0.394. The predicted octanol–water partition coefficient (Wildman–Crippen LogP) is 1.16. The van der Waals surface area contributed by atoms with Crippen molar-refractivity contribution >= 4 is 23.3 Å². The van der Waals surface area contributed by atoms with Crippen LogP contribution in [0.25, 0.3) is 23.3 Å². The molecular formula is C18H20N4O4. The van der Waals surface area contributed by atoms with Gasteiger partial charge in [-0.15, -0.1) is 0 Å². The molecule has 3 aromatic rings. The molecule has 0 saturated carbocycles. The van der Waals surface area contributed by atoms with Crippen molar-refractivity contribution in [2.24, 2.45) is 21.1 Å². The SMILES string of the molecule is COc1cc(/C=C/c2nc3c(c(=O)n(C)c(=O)n3C)n2C)cc(OC)c1. The van der Waals surface area contributed by atoms with E-state index < -0.39 is 5.69 Å². The first-order chi connectivity index (χ1) is 12.4. The lowest BCUT2D eigenvalue weighted by atomic mass is 10.2. The summed E-state index contributed by atoms with van der Waals surface area (Å²) in [6.45, 7) is 0. The van der Waals surface area contributed by atoms with Crippen LogP contribution in [-0.4, -0.2) is 32.9 Å². The van der Waals surface area contributed by atoms with E-state index in [0.717, 1.165) is 10.1 Å². The van der Waals surface area contributed by atoms with Gasteiger partial charge in [-0.2, -0.15) is 0 Å². The normalized spacial score (nSPS) is 11.4. The number of fused-ring (bicyclic) bond motifs is 1. The van der Waals surface area contributed by atoms with Gasteiger partial charge in [-0.05, 0) is 23.8 Å². The van der Waals surface area contributed by atoms with Gasteiger partial charge >= 0.3 is 5.69 Å². The maximum atomic E-state index is 12.4. The quantitative estimate of drug-likeness (QED) is 0.701. The Morgan fingerprint density at radius 2 is 1.50 bits per heavy atom. The number of imidazole rings is 1. The fraction of sp³-hybridized carbons (Fsp3) is 0.278. The van der Waals surface area contributed by atoms with Gasteiger partial charge in [-0.1, -0.05) is 6.08 Å². The molecule has 0 aliphatic heterocycles. The molecule has 0 aliphatic carbocycles. The molecule has 136 valence electrons. The molecule has 0 aliphatic rings. The minimum absolute atomic E-state index is 0.350. The largest absolute Gasteiger partial charge is 0.497 e. The van der Waals surface area contributed by atoms with Crippen molar-refractivity contribution < 1.29 is 9.47 Å². The highest BCUT2D eigenvalue weighted by Crippen LogP contribution is 2.24. The Labute approximate surface area is 149 Å². The number of methoxy groups -OCH3 is 2. The fourth-order valence-electron chi connectivity index (χ4n) is 2.78. The van der Waals surface area contributed by atoms with Crippen molar-refractivity contribution in [1.82, 2.24) is 18.7 Å².